The van der Waals surface area contributed by atoms with Gasteiger partial charge in [0.2, 0.25) is 0 Å². The average molecular weight is 265 g/mol. The van der Waals surface area contributed by atoms with Crippen molar-refractivity contribution in [3.63, 3.8) is 0 Å². The third kappa shape index (κ3) is 2.47. The van der Waals surface area contributed by atoms with E-state index in [2.05, 4.69) is 26.1 Å². The van der Waals surface area contributed by atoms with E-state index in [-0.39, 0.29) is 0 Å². The molecule has 0 bridgehead atoms. The molecule has 2 nitrogen and oxygen atoms in total. The topological polar surface area (TPSA) is 21.3 Å². The molecule has 1 saturated heterocycles. The highest BCUT2D eigenvalue weighted by Crippen LogP contribution is 2.51. The Kier molecular flexibility index (Phi) is 3.92. The number of fused-ring (bicyclic) bond motifs is 1. The van der Waals surface area contributed by atoms with E-state index in [0.29, 0.717) is 17.6 Å². The molecule has 3 aliphatic rings. The minimum absolute atomic E-state index is 0.338. The van der Waals surface area contributed by atoms with Gasteiger partial charge in [-0.05, 0) is 31.6 Å². The number of rotatable bonds is 3. The van der Waals surface area contributed by atoms with E-state index < -0.39 is 0 Å². The molecule has 2 heteroatoms. The molecule has 0 aromatic carbocycles. The number of hydrogen-bond donors (Lipinski definition) is 1. The van der Waals surface area contributed by atoms with E-state index in [1.54, 1.807) is 0 Å². The highest BCUT2D eigenvalue weighted by atomic mass is 16.5. The quantitative estimate of drug-likeness (QED) is 0.839. The predicted molar refractivity (Wildman–Crippen MR) is 79.2 cm³/mol. The van der Waals surface area contributed by atoms with Crippen molar-refractivity contribution in [2.24, 2.45) is 17.3 Å². The van der Waals surface area contributed by atoms with Crippen LogP contribution in [0.25, 0.3) is 0 Å². The summed E-state index contributed by atoms with van der Waals surface area (Å²) in [4.78, 5) is 0. The third-order valence-electron chi connectivity index (χ3n) is 6.11. The van der Waals surface area contributed by atoms with Gasteiger partial charge < -0.3 is 10.1 Å². The van der Waals surface area contributed by atoms with Crippen molar-refractivity contribution in [2.45, 2.75) is 83.9 Å². The summed E-state index contributed by atoms with van der Waals surface area (Å²) in [6.07, 6.45) is 10.2. The zero-order chi connectivity index (χ0) is 13.5. The van der Waals surface area contributed by atoms with Gasteiger partial charge >= 0.3 is 0 Å². The van der Waals surface area contributed by atoms with Crippen molar-refractivity contribution >= 4 is 0 Å². The Morgan fingerprint density at radius 1 is 1.16 bits per heavy atom. The van der Waals surface area contributed by atoms with Gasteiger partial charge in [0.1, 0.15) is 0 Å². The molecule has 1 aliphatic heterocycles. The van der Waals surface area contributed by atoms with Gasteiger partial charge in [0.05, 0.1) is 6.10 Å². The second kappa shape index (κ2) is 5.37. The van der Waals surface area contributed by atoms with E-state index in [1.807, 2.05) is 0 Å². The summed E-state index contributed by atoms with van der Waals surface area (Å²) in [7, 11) is 0. The van der Waals surface area contributed by atoms with Gasteiger partial charge in [-0.3, -0.25) is 0 Å². The summed E-state index contributed by atoms with van der Waals surface area (Å²) in [5.74, 6) is 1.75. The lowest BCUT2D eigenvalue weighted by Crippen LogP contribution is -2.70. The normalized spacial score (nSPS) is 45.3. The van der Waals surface area contributed by atoms with E-state index in [1.165, 1.54) is 44.9 Å². The predicted octanol–water partition coefficient (Wildman–Crippen LogP) is 3.75. The molecule has 0 aromatic heterocycles. The fourth-order valence-electron chi connectivity index (χ4n) is 4.93. The van der Waals surface area contributed by atoms with Gasteiger partial charge in [-0.15, -0.1) is 0 Å². The van der Waals surface area contributed by atoms with Crippen LogP contribution in [-0.2, 0) is 4.74 Å². The van der Waals surface area contributed by atoms with Gasteiger partial charge in [0, 0.05) is 30.0 Å². The Labute approximate surface area is 118 Å². The van der Waals surface area contributed by atoms with E-state index >= 15 is 0 Å². The van der Waals surface area contributed by atoms with E-state index in [0.717, 1.165) is 24.5 Å². The fraction of sp³-hybridized carbons (Fsp3) is 1.00. The zero-order valence-corrected chi connectivity index (χ0v) is 13.0. The summed E-state index contributed by atoms with van der Waals surface area (Å²) >= 11 is 0. The Hall–Kier alpha value is -0.0800. The van der Waals surface area contributed by atoms with Crippen LogP contribution in [0.5, 0.6) is 0 Å². The third-order valence-corrected chi connectivity index (χ3v) is 6.11. The SMILES string of the molecule is CCC1CCCC(NC2C3CCCOC3C2(C)C)C1. The van der Waals surface area contributed by atoms with Gasteiger partial charge in [-0.1, -0.05) is 40.0 Å². The lowest BCUT2D eigenvalue weighted by atomic mass is 9.55. The van der Waals surface area contributed by atoms with E-state index in [9.17, 15) is 0 Å². The molecule has 19 heavy (non-hydrogen) atoms. The second-order valence-corrected chi connectivity index (χ2v) is 7.70. The molecule has 2 saturated carbocycles. The first kappa shape index (κ1) is 13.9. The van der Waals surface area contributed by atoms with Gasteiger partial charge in [0.15, 0.2) is 0 Å². The summed E-state index contributed by atoms with van der Waals surface area (Å²) in [5.41, 5.74) is 0.338. The van der Waals surface area contributed by atoms with Crippen LogP contribution < -0.4 is 5.32 Å². The molecule has 3 rings (SSSR count). The molecule has 5 atom stereocenters. The van der Waals surface area contributed by atoms with Crippen LogP contribution in [0.4, 0.5) is 0 Å². The van der Waals surface area contributed by atoms with Crippen LogP contribution in [0.15, 0.2) is 0 Å². The molecule has 110 valence electrons. The summed E-state index contributed by atoms with van der Waals surface area (Å²) < 4.78 is 6.01. The Morgan fingerprint density at radius 3 is 2.79 bits per heavy atom. The summed E-state index contributed by atoms with van der Waals surface area (Å²) in [6.45, 7) is 8.14. The molecule has 1 N–H and O–H groups in total. The van der Waals surface area contributed by atoms with Crippen LogP contribution in [0.1, 0.15) is 65.7 Å². The highest BCUT2D eigenvalue weighted by molar-refractivity contribution is 5.11. The molecular weight excluding hydrogens is 234 g/mol. The smallest absolute Gasteiger partial charge is 0.0684 e. The molecule has 2 aliphatic carbocycles. The van der Waals surface area contributed by atoms with Crippen molar-refractivity contribution in [2.75, 3.05) is 6.61 Å². The molecule has 0 spiro atoms. The van der Waals surface area contributed by atoms with Crippen molar-refractivity contribution < 1.29 is 4.74 Å². The van der Waals surface area contributed by atoms with Crippen molar-refractivity contribution in [1.29, 1.82) is 0 Å². The number of ether oxygens (including phenoxy) is 1. The first-order chi connectivity index (χ1) is 9.13. The number of nitrogens with one attached hydrogen (secondary N) is 1. The average Bonchev–Trinajstić information content (AvgIpc) is 2.45. The maximum atomic E-state index is 6.01. The Morgan fingerprint density at radius 2 is 2.00 bits per heavy atom. The first-order valence-corrected chi connectivity index (χ1v) is 8.50. The Bertz CT molecular complexity index is 314. The van der Waals surface area contributed by atoms with Gasteiger partial charge in [-0.25, -0.2) is 0 Å². The van der Waals surface area contributed by atoms with Crippen molar-refractivity contribution in [3.05, 3.63) is 0 Å². The fourth-order valence-corrected chi connectivity index (χ4v) is 4.93. The minimum atomic E-state index is 0.338. The number of hydrogen-bond acceptors (Lipinski definition) is 2. The Balaban J connectivity index is 1.59. The van der Waals surface area contributed by atoms with Crippen molar-refractivity contribution in [1.82, 2.24) is 5.32 Å². The van der Waals surface area contributed by atoms with Crippen molar-refractivity contribution in [3.8, 4) is 0 Å². The molecule has 5 unspecified atom stereocenters. The van der Waals surface area contributed by atoms with Crippen LogP contribution in [0, 0.1) is 17.3 Å². The van der Waals surface area contributed by atoms with Gasteiger partial charge in [0.25, 0.3) is 0 Å². The largest absolute Gasteiger partial charge is 0.377 e. The molecule has 0 radical (unpaired) electrons. The molecule has 0 amide bonds. The van der Waals surface area contributed by atoms with Gasteiger partial charge in [-0.2, -0.15) is 0 Å². The van der Waals surface area contributed by atoms with Crippen LogP contribution >= 0.6 is 0 Å². The maximum absolute atomic E-state index is 6.01. The maximum Gasteiger partial charge on any atom is 0.0684 e. The lowest BCUT2D eigenvalue weighted by Gasteiger charge is -2.61. The van der Waals surface area contributed by atoms with Crippen LogP contribution in [-0.4, -0.2) is 24.8 Å². The minimum Gasteiger partial charge on any atom is -0.377 e. The zero-order valence-electron chi connectivity index (χ0n) is 13.0. The van der Waals surface area contributed by atoms with Crippen LogP contribution in [0.3, 0.4) is 0 Å². The molecule has 1 heterocycles. The molecule has 3 fully saturated rings. The second-order valence-electron chi connectivity index (χ2n) is 7.70. The molecule has 0 aromatic rings. The highest BCUT2D eigenvalue weighted by Gasteiger charge is 2.58. The monoisotopic (exact) mass is 265 g/mol. The summed E-state index contributed by atoms with van der Waals surface area (Å²) in [6, 6.07) is 1.46. The lowest BCUT2D eigenvalue weighted by molar-refractivity contribution is -0.195. The summed E-state index contributed by atoms with van der Waals surface area (Å²) in [5, 5.41) is 4.03. The first-order valence-electron chi connectivity index (χ1n) is 8.50. The molecular formula is C17H31NO. The standard InChI is InChI=1S/C17H31NO/c1-4-12-7-5-8-13(11-12)18-15-14-9-6-10-19-16(14)17(15,2)3/h12-16,18H,4-11H2,1-3H3. The van der Waals surface area contributed by atoms with Crippen LogP contribution in [0.2, 0.25) is 0 Å². The van der Waals surface area contributed by atoms with E-state index in [4.69, 9.17) is 4.74 Å².